The van der Waals surface area contributed by atoms with Crippen LogP contribution in [-0.4, -0.2) is 19.7 Å². The van der Waals surface area contributed by atoms with Crippen LogP contribution in [0.4, 0.5) is 0 Å². The van der Waals surface area contributed by atoms with Crippen molar-refractivity contribution in [1.82, 2.24) is 5.32 Å². The van der Waals surface area contributed by atoms with Crippen molar-refractivity contribution in [2.75, 3.05) is 19.7 Å². The van der Waals surface area contributed by atoms with E-state index in [0.717, 1.165) is 31.9 Å². The Morgan fingerprint density at radius 1 is 1.22 bits per heavy atom. The third-order valence-corrected chi connectivity index (χ3v) is 3.13. The molecule has 2 nitrogen and oxygen atoms in total. The quantitative estimate of drug-likeness (QED) is 0.706. The van der Waals surface area contributed by atoms with Crippen molar-refractivity contribution in [2.45, 2.75) is 46.5 Å². The molecule has 102 valence electrons. The van der Waals surface area contributed by atoms with Crippen LogP contribution in [0.1, 0.15) is 50.7 Å². The summed E-state index contributed by atoms with van der Waals surface area (Å²) in [6, 6.07) is 6.53. The molecule has 0 atom stereocenters. The Kier molecular flexibility index (Phi) is 6.81. The molecule has 0 aliphatic rings. The number of unbranched alkanes of at least 4 members (excludes halogenated alkanes) is 1. The number of hydrogen-bond donors (Lipinski definition) is 1. The van der Waals surface area contributed by atoms with E-state index in [4.69, 9.17) is 4.74 Å². The Morgan fingerprint density at radius 2 is 2.00 bits per heavy atom. The summed E-state index contributed by atoms with van der Waals surface area (Å²) in [6.07, 6.45) is 2.29. The minimum absolute atomic E-state index is 0.557. The average Bonchev–Trinajstić information content (AvgIpc) is 2.35. The molecule has 0 heterocycles. The predicted octanol–water partition coefficient (Wildman–Crippen LogP) is 3.89. The molecule has 0 aliphatic carbocycles. The van der Waals surface area contributed by atoms with Gasteiger partial charge in [0.1, 0.15) is 5.75 Å². The molecule has 0 amide bonds. The zero-order valence-corrected chi connectivity index (χ0v) is 12.3. The first kappa shape index (κ1) is 15.0. The number of aryl methyl sites for hydroxylation is 1. The molecule has 2 heteroatoms. The summed E-state index contributed by atoms with van der Waals surface area (Å²) in [5, 5.41) is 3.33. The summed E-state index contributed by atoms with van der Waals surface area (Å²) in [5.41, 5.74) is 2.58. The van der Waals surface area contributed by atoms with E-state index in [1.165, 1.54) is 17.5 Å². The van der Waals surface area contributed by atoms with Crippen molar-refractivity contribution in [2.24, 2.45) is 0 Å². The lowest BCUT2D eigenvalue weighted by Gasteiger charge is -2.12. The average molecular weight is 249 g/mol. The lowest BCUT2D eigenvalue weighted by Crippen LogP contribution is -2.14. The smallest absolute Gasteiger partial charge is 0.122 e. The Labute approximate surface area is 112 Å². The van der Waals surface area contributed by atoms with Crippen LogP contribution in [0.2, 0.25) is 0 Å². The van der Waals surface area contributed by atoms with Gasteiger partial charge in [-0.25, -0.2) is 0 Å². The molecule has 0 aliphatic heterocycles. The van der Waals surface area contributed by atoms with Gasteiger partial charge < -0.3 is 10.1 Å². The number of nitrogens with one attached hydrogen (secondary N) is 1. The van der Waals surface area contributed by atoms with Gasteiger partial charge in [0, 0.05) is 0 Å². The first-order chi connectivity index (χ1) is 8.65. The van der Waals surface area contributed by atoms with Crippen LogP contribution in [0, 0.1) is 6.92 Å². The predicted molar refractivity (Wildman–Crippen MR) is 78.5 cm³/mol. The number of hydrogen-bond acceptors (Lipinski definition) is 2. The van der Waals surface area contributed by atoms with Gasteiger partial charge in [-0.15, -0.1) is 0 Å². The van der Waals surface area contributed by atoms with Crippen molar-refractivity contribution in [3.63, 3.8) is 0 Å². The van der Waals surface area contributed by atoms with E-state index >= 15 is 0 Å². The highest BCUT2D eigenvalue weighted by Crippen LogP contribution is 2.24. The summed E-state index contributed by atoms with van der Waals surface area (Å²) in [6.45, 7) is 11.6. The van der Waals surface area contributed by atoms with E-state index in [1.807, 2.05) is 0 Å². The van der Waals surface area contributed by atoms with E-state index in [1.54, 1.807) is 0 Å². The van der Waals surface area contributed by atoms with Gasteiger partial charge in [0.15, 0.2) is 0 Å². The molecule has 0 bridgehead atoms. The maximum atomic E-state index is 5.88. The lowest BCUT2D eigenvalue weighted by atomic mass is 10.0. The van der Waals surface area contributed by atoms with Crippen molar-refractivity contribution >= 4 is 0 Å². The third kappa shape index (κ3) is 5.09. The van der Waals surface area contributed by atoms with Gasteiger partial charge in [0.25, 0.3) is 0 Å². The first-order valence-corrected chi connectivity index (χ1v) is 7.09. The Morgan fingerprint density at radius 3 is 2.67 bits per heavy atom. The molecule has 18 heavy (non-hydrogen) atoms. The Bertz CT molecular complexity index is 347. The molecule has 0 aromatic heterocycles. The van der Waals surface area contributed by atoms with Gasteiger partial charge >= 0.3 is 0 Å². The second-order valence-corrected chi connectivity index (χ2v) is 5.09. The van der Waals surface area contributed by atoms with Crippen LogP contribution in [0.25, 0.3) is 0 Å². The van der Waals surface area contributed by atoms with Crippen LogP contribution in [0.15, 0.2) is 18.2 Å². The van der Waals surface area contributed by atoms with Gasteiger partial charge in [0.2, 0.25) is 0 Å². The highest BCUT2D eigenvalue weighted by molar-refractivity contribution is 5.37. The fourth-order valence-electron chi connectivity index (χ4n) is 1.84. The van der Waals surface area contributed by atoms with Crippen LogP contribution in [0.3, 0.4) is 0 Å². The van der Waals surface area contributed by atoms with E-state index < -0.39 is 0 Å². The van der Waals surface area contributed by atoms with Crippen LogP contribution >= 0.6 is 0 Å². The van der Waals surface area contributed by atoms with Gasteiger partial charge in [-0.2, -0.15) is 0 Å². The lowest BCUT2D eigenvalue weighted by molar-refractivity contribution is 0.303. The molecular formula is C16H27NO. The first-order valence-electron chi connectivity index (χ1n) is 7.09. The minimum Gasteiger partial charge on any atom is -0.493 e. The van der Waals surface area contributed by atoms with Gasteiger partial charge in [-0.1, -0.05) is 32.9 Å². The van der Waals surface area contributed by atoms with Crippen molar-refractivity contribution in [3.8, 4) is 5.75 Å². The minimum atomic E-state index is 0.557. The Balaban J connectivity index is 2.39. The fraction of sp³-hybridized carbons (Fsp3) is 0.625. The SMILES string of the molecule is CCNCCCCOc1cc(C(C)C)ccc1C. The standard InChI is InChI=1S/C16H27NO/c1-5-17-10-6-7-11-18-16-12-15(13(2)3)9-8-14(16)4/h8-9,12-13,17H,5-7,10-11H2,1-4H3. The van der Waals surface area contributed by atoms with Crippen LogP contribution < -0.4 is 10.1 Å². The van der Waals surface area contributed by atoms with E-state index in [2.05, 4.69) is 51.2 Å². The van der Waals surface area contributed by atoms with Gasteiger partial charge in [-0.3, -0.25) is 0 Å². The topological polar surface area (TPSA) is 21.3 Å². The van der Waals surface area contributed by atoms with Crippen molar-refractivity contribution < 1.29 is 4.74 Å². The zero-order valence-electron chi connectivity index (χ0n) is 12.3. The normalized spacial score (nSPS) is 10.9. The summed E-state index contributed by atoms with van der Waals surface area (Å²) < 4.78 is 5.88. The van der Waals surface area contributed by atoms with E-state index in [9.17, 15) is 0 Å². The van der Waals surface area contributed by atoms with Crippen LogP contribution in [-0.2, 0) is 0 Å². The summed E-state index contributed by atoms with van der Waals surface area (Å²) in [5.74, 6) is 1.60. The molecule has 1 aromatic rings. The molecule has 1 N–H and O–H groups in total. The highest BCUT2D eigenvalue weighted by Gasteiger charge is 2.04. The largest absolute Gasteiger partial charge is 0.493 e. The number of benzene rings is 1. The second kappa shape index (κ2) is 8.15. The fourth-order valence-corrected chi connectivity index (χ4v) is 1.84. The van der Waals surface area contributed by atoms with Crippen LogP contribution in [0.5, 0.6) is 5.75 Å². The summed E-state index contributed by atoms with van der Waals surface area (Å²) in [4.78, 5) is 0. The maximum absolute atomic E-state index is 5.88. The van der Waals surface area contributed by atoms with Crippen molar-refractivity contribution in [3.05, 3.63) is 29.3 Å². The summed E-state index contributed by atoms with van der Waals surface area (Å²) in [7, 11) is 0. The summed E-state index contributed by atoms with van der Waals surface area (Å²) >= 11 is 0. The molecule has 1 aromatic carbocycles. The zero-order chi connectivity index (χ0) is 13.4. The van der Waals surface area contributed by atoms with Gasteiger partial charge in [-0.05, 0) is 56.0 Å². The van der Waals surface area contributed by atoms with E-state index in [0.29, 0.717) is 5.92 Å². The molecular weight excluding hydrogens is 222 g/mol. The van der Waals surface area contributed by atoms with E-state index in [-0.39, 0.29) is 0 Å². The second-order valence-electron chi connectivity index (χ2n) is 5.09. The maximum Gasteiger partial charge on any atom is 0.122 e. The molecule has 0 spiro atoms. The molecule has 0 fully saturated rings. The molecule has 0 saturated heterocycles. The molecule has 0 unspecified atom stereocenters. The van der Waals surface area contributed by atoms with Crippen molar-refractivity contribution in [1.29, 1.82) is 0 Å². The highest BCUT2D eigenvalue weighted by atomic mass is 16.5. The monoisotopic (exact) mass is 249 g/mol. The molecule has 1 rings (SSSR count). The molecule has 0 saturated carbocycles. The Hall–Kier alpha value is -1.02. The number of ether oxygens (including phenoxy) is 1. The molecule has 0 radical (unpaired) electrons. The van der Waals surface area contributed by atoms with Gasteiger partial charge in [0.05, 0.1) is 6.61 Å². The third-order valence-electron chi connectivity index (χ3n) is 3.13. The number of rotatable bonds is 8.